The van der Waals surface area contributed by atoms with Gasteiger partial charge in [-0.05, 0) is 31.2 Å². The van der Waals surface area contributed by atoms with Crippen LogP contribution in [0.2, 0.25) is 10.0 Å². The van der Waals surface area contributed by atoms with Crippen LogP contribution in [0.5, 0.6) is 5.75 Å². The van der Waals surface area contributed by atoms with E-state index in [1.165, 1.54) is 4.90 Å². The number of para-hydroxylation sites is 2. The number of rotatable bonds is 5. The van der Waals surface area contributed by atoms with E-state index in [4.69, 9.17) is 27.9 Å². The molecule has 136 valence electrons. The van der Waals surface area contributed by atoms with Gasteiger partial charge in [0.25, 0.3) is 0 Å². The fourth-order valence-electron chi connectivity index (χ4n) is 2.90. The highest BCUT2D eigenvalue weighted by Crippen LogP contribution is 2.36. The molecule has 1 saturated heterocycles. The molecule has 2 amide bonds. The number of amides is 2. The molecule has 0 spiro atoms. The third-order valence-electron chi connectivity index (χ3n) is 4.16. The Labute approximate surface area is 161 Å². The molecule has 0 aromatic heterocycles. The van der Waals surface area contributed by atoms with Crippen molar-refractivity contribution in [3.8, 4) is 5.75 Å². The number of halogens is 2. The lowest BCUT2D eigenvalue weighted by Gasteiger charge is -2.19. The summed E-state index contributed by atoms with van der Waals surface area (Å²) in [5.41, 5.74) is 1.11. The van der Waals surface area contributed by atoms with E-state index < -0.39 is 5.92 Å². The van der Waals surface area contributed by atoms with Crippen LogP contribution in [-0.2, 0) is 9.59 Å². The van der Waals surface area contributed by atoms with Crippen LogP contribution < -0.4 is 15.0 Å². The van der Waals surface area contributed by atoms with Crippen LogP contribution in [0.25, 0.3) is 0 Å². The first-order chi connectivity index (χ1) is 12.5. The second-order valence-electron chi connectivity index (χ2n) is 5.90. The van der Waals surface area contributed by atoms with Gasteiger partial charge in [0.2, 0.25) is 11.8 Å². The fourth-order valence-corrected chi connectivity index (χ4v) is 3.30. The van der Waals surface area contributed by atoms with Crippen LogP contribution in [0.1, 0.15) is 13.3 Å². The molecule has 2 aromatic carbocycles. The van der Waals surface area contributed by atoms with Crippen LogP contribution in [0, 0.1) is 5.92 Å². The minimum absolute atomic E-state index is 0.117. The van der Waals surface area contributed by atoms with Crippen molar-refractivity contribution in [2.75, 3.05) is 23.4 Å². The summed E-state index contributed by atoms with van der Waals surface area (Å²) in [5, 5.41) is 3.54. The molecule has 5 nitrogen and oxygen atoms in total. The zero-order valence-corrected chi connectivity index (χ0v) is 15.7. The van der Waals surface area contributed by atoms with Crippen molar-refractivity contribution in [1.82, 2.24) is 0 Å². The van der Waals surface area contributed by atoms with Gasteiger partial charge in [0.15, 0.2) is 0 Å². The minimum Gasteiger partial charge on any atom is -0.492 e. The van der Waals surface area contributed by atoms with Crippen LogP contribution >= 0.6 is 23.2 Å². The molecule has 7 heteroatoms. The number of carbonyl (C=O) groups excluding carboxylic acids is 2. The van der Waals surface area contributed by atoms with Crippen LogP contribution in [-0.4, -0.2) is 25.0 Å². The summed E-state index contributed by atoms with van der Waals surface area (Å²) in [5.74, 6) is -0.270. The van der Waals surface area contributed by atoms with Gasteiger partial charge in [-0.25, -0.2) is 0 Å². The molecular formula is C19H18Cl2N2O3. The second-order valence-corrected chi connectivity index (χ2v) is 6.68. The predicted molar refractivity (Wildman–Crippen MR) is 103 cm³/mol. The van der Waals surface area contributed by atoms with Crippen LogP contribution in [0.3, 0.4) is 0 Å². The van der Waals surface area contributed by atoms with Gasteiger partial charge in [0.05, 0.1) is 33.9 Å². The fraction of sp³-hybridized carbons (Fsp3) is 0.263. The molecule has 0 radical (unpaired) electrons. The average Bonchev–Trinajstić information content (AvgIpc) is 3.01. The summed E-state index contributed by atoms with van der Waals surface area (Å²) >= 11 is 12.2. The van der Waals surface area contributed by atoms with Crippen molar-refractivity contribution in [2.24, 2.45) is 5.92 Å². The average molecular weight is 393 g/mol. The Morgan fingerprint density at radius 1 is 1.23 bits per heavy atom. The van der Waals surface area contributed by atoms with Gasteiger partial charge >= 0.3 is 0 Å². The molecule has 1 aliphatic rings. The smallest absolute Gasteiger partial charge is 0.229 e. The summed E-state index contributed by atoms with van der Waals surface area (Å²) in [6.45, 7) is 2.62. The summed E-state index contributed by atoms with van der Waals surface area (Å²) in [4.78, 5) is 26.5. The third-order valence-corrected chi connectivity index (χ3v) is 4.97. The summed E-state index contributed by atoms with van der Waals surface area (Å²) in [6.07, 6.45) is 0.117. The van der Waals surface area contributed by atoms with E-state index in [0.29, 0.717) is 33.8 Å². The molecule has 0 unspecified atom stereocenters. The lowest BCUT2D eigenvalue weighted by atomic mass is 10.1. The quantitative estimate of drug-likeness (QED) is 0.820. The van der Waals surface area contributed by atoms with Gasteiger partial charge in [0.1, 0.15) is 5.75 Å². The predicted octanol–water partition coefficient (Wildman–Crippen LogP) is 4.38. The molecule has 2 aromatic rings. The van der Waals surface area contributed by atoms with Gasteiger partial charge in [-0.1, -0.05) is 41.4 Å². The maximum atomic E-state index is 12.6. The number of nitrogens with zero attached hydrogens (tertiary/aromatic N) is 1. The molecule has 1 N–H and O–H groups in total. The maximum Gasteiger partial charge on any atom is 0.229 e. The van der Waals surface area contributed by atoms with E-state index in [1.54, 1.807) is 30.3 Å². The molecule has 26 heavy (non-hydrogen) atoms. The first-order valence-corrected chi connectivity index (χ1v) is 9.04. The van der Waals surface area contributed by atoms with E-state index in [1.807, 2.05) is 19.1 Å². The lowest BCUT2D eigenvalue weighted by Crippen LogP contribution is -2.28. The molecule has 3 rings (SSSR count). The van der Waals surface area contributed by atoms with E-state index in [-0.39, 0.29) is 24.8 Å². The SMILES string of the molecule is CCOc1ccccc1NC(=O)[C@@H]1CC(=O)N(c2cccc(Cl)c2Cl)C1. The second kappa shape index (κ2) is 7.98. The first-order valence-electron chi connectivity index (χ1n) is 8.28. The number of ether oxygens (including phenoxy) is 1. The Hall–Kier alpha value is -2.24. The van der Waals surface area contributed by atoms with E-state index in [0.717, 1.165) is 0 Å². The topological polar surface area (TPSA) is 58.6 Å². The van der Waals surface area contributed by atoms with Crippen molar-refractivity contribution in [3.05, 3.63) is 52.5 Å². The van der Waals surface area contributed by atoms with Gasteiger partial charge in [-0.3, -0.25) is 9.59 Å². The van der Waals surface area contributed by atoms with E-state index >= 15 is 0 Å². The standard InChI is InChI=1S/C19H18Cl2N2O3/c1-2-26-16-9-4-3-7-14(16)22-19(25)12-10-17(24)23(11-12)15-8-5-6-13(20)18(15)21/h3-9,12H,2,10-11H2,1H3,(H,22,25)/t12-/m1/s1. The number of anilines is 2. The number of nitrogens with one attached hydrogen (secondary N) is 1. The first kappa shape index (κ1) is 18.5. The Balaban J connectivity index is 1.74. The van der Waals surface area contributed by atoms with Crippen molar-refractivity contribution in [2.45, 2.75) is 13.3 Å². The molecule has 0 aliphatic carbocycles. The highest BCUT2D eigenvalue weighted by molar-refractivity contribution is 6.44. The Bertz CT molecular complexity index is 841. The third kappa shape index (κ3) is 3.79. The molecular weight excluding hydrogens is 375 g/mol. The highest BCUT2D eigenvalue weighted by Gasteiger charge is 2.36. The molecule has 1 atom stereocenters. The maximum absolute atomic E-state index is 12.6. The molecule has 0 bridgehead atoms. The van der Waals surface area contributed by atoms with Gasteiger partial charge in [0, 0.05) is 13.0 Å². The summed E-state index contributed by atoms with van der Waals surface area (Å²) in [7, 11) is 0. The summed E-state index contributed by atoms with van der Waals surface area (Å²) < 4.78 is 5.52. The molecule has 0 saturated carbocycles. The van der Waals surface area contributed by atoms with Crippen molar-refractivity contribution in [1.29, 1.82) is 0 Å². The molecule has 1 fully saturated rings. The Kier molecular flexibility index (Phi) is 5.69. The highest BCUT2D eigenvalue weighted by atomic mass is 35.5. The van der Waals surface area contributed by atoms with Gasteiger partial charge in [-0.15, -0.1) is 0 Å². The van der Waals surface area contributed by atoms with E-state index in [2.05, 4.69) is 5.32 Å². The number of benzene rings is 2. The zero-order chi connectivity index (χ0) is 18.7. The van der Waals surface area contributed by atoms with Crippen molar-refractivity contribution in [3.63, 3.8) is 0 Å². The van der Waals surface area contributed by atoms with Crippen molar-refractivity contribution >= 4 is 46.4 Å². The number of hydrogen-bond acceptors (Lipinski definition) is 3. The largest absolute Gasteiger partial charge is 0.492 e. The summed E-state index contributed by atoms with van der Waals surface area (Å²) in [6, 6.07) is 12.3. The lowest BCUT2D eigenvalue weighted by molar-refractivity contribution is -0.122. The van der Waals surface area contributed by atoms with Crippen LogP contribution in [0.15, 0.2) is 42.5 Å². The normalized spacial score (nSPS) is 16.7. The van der Waals surface area contributed by atoms with Crippen molar-refractivity contribution < 1.29 is 14.3 Å². The Morgan fingerprint density at radius 3 is 2.77 bits per heavy atom. The molecule has 1 aliphatic heterocycles. The monoisotopic (exact) mass is 392 g/mol. The van der Waals surface area contributed by atoms with Gasteiger partial charge < -0.3 is 15.0 Å². The van der Waals surface area contributed by atoms with E-state index in [9.17, 15) is 9.59 Å². The molecule has 1 heterocycles. The van der Waals surface area contributed by atoms with Crippen LogP contribution in [0.4, 0.5) is 11.4 Å². The zero-order valence-electron chi connectivity index (χ0n) is 14.2. The minimum atomic E-state index is -0.479. The number of carbonyl (C=O) groups is 2. The number of hydrogen-bond donors (Lipinski definition) is 1. The van der Waals surface area contributed by atoms with Gasteiger partial charge in [-0.2, -0.15) is 0 Å². The Morgan fingerprint density at radius 2 is 2.00 bits per heavy atom.